The zero-order chi connectivity index (χ0) is 29.9. The van der Waals surface area contributed by atoms with Gasteiger partial charge in [0.15, 0.2) is 0 Å². The molecule has 42 heavy (non-hydrogen) atoms. The molecule has 11 heteroatoms. The van der Waals surface area contributed by atoms with Crippen molar-refractivity contribution in [1.29, 1.82) is 0 Å². The van der Waals surface area contributed by atoms with Gasteiger partial charge in [0.25, 0.3) is 23.6 Å². The van der Waals surface area contributed by atoms with E-state index in [0.717, 1.165) is 11.1 Å². The molecule has 3 aromatic carbocycles. The Balaban J connectivity index is 1.18. The van der Waals surface area contributed by atoms with Gasteiger partial charge in [0.1, 0.15) is 5.75 Å². The first-order valence-corrected chi connectivity index (χ1v) is 15.3. The van der Waals surface area contributed by atoms with Crippen molar-refractivity contribution < 1.29 is 36.2 Å². The minimum Gasteiger partial charge on any atom is -0.381 e. The van der Waals surface area contributed by atoms with Gasteiger partial charge >= 0.3 is 10.1 Å². The van der Waals surface area contributed by atoms with E-state index in [1.54, 1.807) is 48.5 Å². The topological polar surface area (TPSA) is 118 Å². The van der Waals surface area contributed by atoms with Crippen LogP contribution in [0.1, 0.15) is 78.2 Å². The van der Waals surface area contributed by atoms with Crippen molar-refractivity contribution in [2.24, 2.45) is 0 Å². The smallest absolute Gasteiger partial charge is 0.339 e. The van der Waals surface area contributed by atoms with Gasteiger partial charge in [-0.3, -0.25) is 29.0 Å². The summed E-state index contributed by atoms with van der Waals surface area (Å²) in [7, 11) is -4.39. The van der Waals surface area contributed by atoms with E-state index in [9.17, 15) is 32.0 Å². The van der Waals surface area contributed by atoms with Crippen LogP contribution in [0.3, 0.4) is 0 Å². The third-order valence-electron chi connectivity index (χ3n) is 7.33. The van der Waals surface area contributed by atoms with Crippen LogP contribution >= 0.6 is 0 Å². The van der Waals surface area contributed by atoms with E-state index in [2.05, 4.69) is 0 Å². The van der Waals surface area contributed by atoms with E-state index < -0.39 is 16.1 Å². The number of nitrogens with zero attached hydrogens (tertiary/aromatic N) is 2. The first-order chi connectivity index (χ1) is 20.2. The Hall–Kier alpha value is -4.38. The molecule has 0 aromatic heterocycles. The maximum absolute atomic E-state index is 12.9. The molecule has 0 saturated heterocycles. The summed E-state index contributed by atoms with van der Waals surface area (Å²) >= 11 is 0. The van der Waals surface area contributed by atoms with Crippen LogP contribution in [0, 0.1) is 0 Å². The first kappa shape index (κ1) is 29.1. The van der Waals surface area contributed by atoms with Crippen molar-refractivity contribution in [2.75, 3.05) is 19.1 Å². The van der Waals surface area contributed by atoms with E-state index >= 15 is 0 Å². The molecule has 2 heterocycles. The van der Waals surface area contributed by atoms with Gasteiger partial charge in [0.05, 0.1) is 22.3 Å². The van der Waals surface area contributed by atoms with Crippen LogP contribution in [0.5, 0.6) is 5.75 Å². The molecule has 0 fully saturated rings. The molecule has 0 saturated carbocycles. The van der Waals surface area contributed by atoms with Crippen LogP contribution in [0.2, 0.25) is 0 Å². The number of imide groups is 2. The number of amides is 4. The molecule has 0 radical (unpaired) electrons. The number of hydrogen-bond donors (Lipinski definition) is 0. The number of alkyl halides is 1. The van der Waals surface area contributed by atoms with Crippen LogP contribution in [0.15, 0.2) is 66.7 Å². The summed E-state index contributed by atoms with van der Waals surface area (Å²) in [6.45, 7) is 0.507. The van der Waals surface area contributed by atoms with Gasteiger partial charge in [0.2, 0.25) is 6.01 Å². The van der Waals surface area contributed by atoms with Gasteiger partial charge in [0, 0.05) is 13.1 Å². The molecular formula is C31H29FN2O7S. The second-order valence-electron chi connectivity index (χ2n) is 10.3. The average molecular weight is 593 g/mol. The summed E-state index contributed by atoms with van der Waals surface area (Å²) in [6, 6.07) is 16.7. The largest absolute Gasteiger partial charge is 0.381 e. The molecule has 3 aromatic rings. The van der Waals surface area contributed by atoms with Crippen molar-refractivity contribution >= 4 is 33.7 Å². The highest BCUT2D eigenvalue weighted by atomic mass is 32.2. The second-order valence-corrected chi connectivity index (χ2v) is 11.8. The van der Waals surface area contributed by atoms with Gasteiger partial charge in [-0.2, -0.15) is 8.42 Å². The minimum absolute atomic E-state index is 0.000783. The third kappa shape index (κ3) is 6.11. The van der Waals surface area contributed by atoms with Crippen molar-refractivity contribution in [3.63, 3.8) is 0 Å². The number of unbranched alkanes of at least 4 members (excludes halogenated alkanes) is 2. The lowest BCUT2D eigenvalue weighted by molar-refractivity contribution is 0.0636. The number of benzene rings is 3. The quantitative estimate of drug-likeness (QED) is 0.162. The highest BCUT2D eigenvalue weighted by molar-refractivity contribution is 7.86. The SMILES string of the molecule is O=C1c2ccccc2C(=O)N1CCCCc1cc(CCCCN2C(=O)c3ccccc3C2=O)cc(OS(=O)(=O)CF)c1. The van der Waals surface area contributed by atoms with Crippen LogP contribution in [-0.4, -0.2) is 60.9 Å². The molecular weight excluding hydrogens is 563 g/mol. The standard InChI is InChI=1S/C31H29FN2O7S/c32-20-42(39,40)41-23-18-21(9-5-7-15-33-28(35)24-11-1-2-12-25(24)29(33)36)17-22(19-23)10-6-8-16-34-30(37)26-13-3-4-14-27(26)31(34)38/h1-4,11-14,17-19H,5-10,15-16,20H2. The predicted molar refractivity (Wildman–Crippen MR) is 151 cm³/mol. The molecule has 4 amide bonds. The number of carbonyl (C=O) groups excluding carboxylic acids is 4. The lowest BCUT2D eigenvalue weighted by Crippen LogP contribution is -2.30. The fraction of sp³-hybridized carbons (Fsp3) is 0.290. The lowest BCUT2D eigenvalue weighted by atomic mass is 10.0. The molecule has 0 spiro atoms. The zero-order valence-electron chi connectivity index (χ0n) is 22.8. The van der Waals surface area contributed by atoms with Crippen LogP contribution < -0.4 is 4.18 Å². The van der Waals surface area contributed by atoms with Gasteiger partial charge in [-0.1, -0.05) is 30.3 Å². The van der Waals surface area contributed by atoms with E-state index in [1.807, 2.05) is 6.07 Å². The molecule has 9 nitrogen and oxygen atoms in total. The Kier molecular flexibility index (Phi) is 8.49. The minimum atomic E-state index is -4.39. The van der Waals surface area contributed by atoms with E-state index in [-0.39, 0.29) is 42.5 Å². The Morgan fingerprint density at radius 1 is 0.595 bits per heavy atom. The summed E-state index contributed by atoms with van der Waals surface area (Å²) in [6.07, 6.45) is 3.30. The van der Waals surface area contributed by atoms with E-state index in [0.29, 0.717) is 60.8 Å². The van der Waals surface area contributed by atoms with E-state index in [1.165, 1.54) is 21.9 Å². The average Bonchev–Trinajstić information content (AvgIpc) is 3.37. The number of aryl methyl sites for hydroxylation is 2. The van der Waals surface area contributed by atoms with Crippen molar-refractivity contribution in [1.82, 2.24) is 9.80 Å². The number of carbonyl (C=O) groups is 4. The summed E-state index contributed by atoms with van der Waals surface area (Å²) in [5, 5.41) is 0. The van der Waals surface area contributed by atoms with Gasteiger partial charge in [-0.15, -0.1) is 0 Å². The molecule has 218 valence electrons. The summed E-state index contributed by atoms with van der Waals surface area (Å²) in [5.74, 6) is -1.26. The third-order valence-corrected chi connectivity index (χ3v) is 8.05. The van der Waals surface area contributed by atoms with Crippen LogP contribution in [0.4, 0.5) is 4.39 Å². The van der Waals surface area contributed by atoms with Crippen molar-refractivity contribution in [2.45, 2.75) is 38.5 Å². The molecule has 0 aliphatic carbocycles. The molecule has 0 unspecified atom stereocenters. The normalized spacial score (nSPS) is 14.5. The van der Waals surface area contributed by atoms with Gasteiger partial charge in [-0.05, 0) is 86.1 Å². The van der Waals surface area contributed by atoms with Gasteiger partial charge in [-0.25, -0.2) is 4.39 Å². The Bertz CT molecular complexity index is 1500. The van der Waals surface area contributed by atoms with Crippen LogP contribution in [-0.2, 0) is 23.0 Å². The first-order valence-electron chi connectivity index (χ1n) is 13.7. The summed E-state index contributed by atoms with van der Waals surface area (Å²) < 4.78 is 41.4. The molecule has 0 N–H and O–H groups in total. The molecule has 2 aliphatic rings. The fourth-order valence-electron chi connectivity index (χ4n) is 5.32. The highest BCUT2D eigenvalue weighted by Crippen LogP contribution is 2.26. The maximum atomic E-state index is 12.9. The summed E-state index contributed by atoms with van der Waals surface area (Å²) in [4.78, 5) is 52.8. The Morgan fingerprint density at radius 3 is 1.33 bits per heavy atom. The van der Waals surface area contributed by atoms with Crippen LogP contribution in [0.25, 0.3) is 0 Å². The maximum Gasteiger partial charge on any atom is 0.339 e. The van der Waals surface area contributed by atoms with Crippen molar-refractivity contribution in [3.05, 3.63) is 100 Å². The highest BCUT2D eigenvalue weighted by Gasteiger charge is 2.35. The van der Waals surface area contributed by atoms with Gasteiger partial charge < -0.3 is 4.18 Å². The number of hydrogen-bond acceptors (Lipinski definition) is 7. The lowest BCUT2D eigenvalue weighted by Gasteiger charge is -2.15. The second kappa shape index (κ2) is 12.2. The van der Waals surface area contributed by atoms with E-state index in [4.69, 9.17) is 4.18 Å². The van der Waals surface area contributed by atoms with Crippen molar-refractivity contribution in [3.8, 4) is 5.75 Å². The fourth-order valence-corrected chi connectivity index (χ4v) is 5.75. The number of fused-ring (bicyclic) bond motifs is 2. The molecule has 0 atom stereocenters. The number of halogens is 1. The molecule has 5 rings (SSSR count). The Labute approximate surface area is 243 Å². The Morgan fingerprint density at radius 2 is 0.976 bits per heavy atom. The molecule has 2 aliphatic heterocycles. The monoisotopic (exact) mass is 592 g/mol. The summed E-state index contributed by atoms with van der Waals surface area (Å²) in [5.41, 5.74) is 3.12. The predicted octanol–water partition coefficient (Wildman–Crippen LogP) is 4.56. The number of rotatable bonds is 13. The zero-order valence-corrected chi connectivity index (χ0v) is 23.6. The molecule has 0 bridgehead atoms.